The van der Waals surface area contributed by atoms with Crippen LogP contribution in [0.3, 0.4) is 0 Å². The average molecular weight is 227 g/mol. The standard InChI is InChI=1S/C15H17NO/c1-2-15(11-6-8-14(17)9-7-11)12-4-3-5-13(16)10-12/h3-10,15,17H,2,16H2,1H3. The van der Waals surface area contributed by atoms with Gasteiger partial charge >= 0.3 is 0 Å². The molecule has 0 aliphatic rings. The third-order valence-corrected chi connectivity index (χ3v) is 3.02. The van der Waals surface area contributed by atoms with Crippen molar-refractivity contribution < 1.29 is 5.11 Å². The second kappa shape index (κ2) is 4.91. The molecule has 2 heteroatoms. The van der Waals surface area contributed by atoms with E-state index in [1.165, 1.54) is 11.1 Å². The molecule has 1 atom stereocenters. The smallest absolute Gasteiger partial charge is 0.115 e. The molecule has 0 saturated heterocycles. The molecule has 0 saturated carbocycles. The number of nitrogens with two attached hydrogens (primary N) is 1. The van der Waals surface area contributed by atoms with Crippen molar-refractivity contribution in [3.8, 4) is 5.75 Å². The minimum atomic E-state index is 0.302. The molecule has 1 unspecified atom stereocenters. The summed E-state index contributed by atoms with van der Waals surface area (Å²) in [6.45, 7) is 2.15. The monoisotopic (exact) mass is 227 g/mol. The van der Waals surface area contributed by atoms with Crippen molar-refractivity contribution >= 4 is 5.69 Å². The Labute approximate surface area is 102 Å². The van der Waals surface area contributed by atoms with E-state index < -0.39 is 0 Å². The minimum Gasteiger partial charge on any atom is -0.508 e. The zero-order chi connectivity index (χ0) is 12.3. The van der Waals surface area contributed by atoms with Crippen molar-refractivity contribution in [2.45, 2.75) is 19.3 Å². The molecular formula is C15H17NO. The Morgan fingerprint density at radius 3 is 2.35 bits per heavy atom. The van der Waals surface area contributed by atoms with Crippen LogP contribution in [0, 0.1) is 0 Å². The van der Waals surface area contributed by atoms with Gasteiger partial charge in [-0.25, -0.2) is 0 Å². The largest absolute Gasteiger partial charge is 0.508 e. The molecule has 17 heavy (non-hydrogen) atoms. The number of phenols is 1. The van der Waals surface area contributed by atoms with Crippen LogP contribution in [0.15, 0.2) is 48.5 Å². The van der Waals surface area contributed by atoms with E-state index >= 15 is 0 Å². The van der Waals surface area contributed by atoms with Crippen LogP contribution in [0.25, 0.3) is 0 Å². The Balaban J connectivity index is 2.36. The highest BCUT2D eigenvalue weighted by Crippen LogP contribution is 2.29. The molecule has 0 aromatic heterocycles. The SMILES string of the molecule is CCC(c1ccc(O)cc1)c1cccc(N)c1. The van der Waals surface area contributed by atoms with E-state index in [-0.39, 0.29) is 0 Å². The van der Waals surface area contributed by atoms with Crippen LogP contribution in [0.4, 0.5) is 5.69 Å². The van der Waals surface area contributed by atoms with Gasteiger partial charge in [0, 0.05) is 11.6 Å². The topological polar surface area (TPSA) is 46.2 Å². The number of hydrogen-bond donors (Lipinski definition) is 2. The normalized spacial score (nSPS) is 12.3. The molecule has 3 N–H and O–H groups in total. The van der Waals surface area contributed by atoms with Gasteiger partial charge in [0.2, 0.25) is 0 Å². The maximum absolute atomic E-state index is 9.31. The molecule has 0 aliphatic heterocycles. The summed E-state index contributed by atoms with van der Waals surface area (Å²) in [5.41, 5.74) is 9.03. The average Bonchev–Trinajstić information content (AvgIpc) is 2.33. The van der Waals surface area contributed by atoms with Gasteiger partial charge in [0.15, 0.2) is 0 Å². The number of hydrogen-bond acceptors (Lipinski definition) is 2. The second-order valence-electron chi connectivity index (χ2n) is 4.22. The van der Waals surface area contributed by atoms with Crippen LogP contribution in [-0.2, 0) is 0 Å². The highest BCUT2D eigenvalue weighted by atomic mass is 16.3. The van der Waals surface area contributed by atoms with Crippen molar-refractivity contribution in [3.05, 3.63) is 59.7 Å². The Hall–Kier alpha value is -1.96. The molecule has 0 amide bonds. The van der Waals surface area contributed by atoms with Crippen LogP contribution in [0.2, 0.25) is 0 Å². The molecule has 88 valence electrons. The first-order chi connectivity index (χ1) is 8.20. The quantitative estimate of drug-likeness (QED) is 0.788. The summed E-state index contributed by atoms with van der Waals surface area (Å²) in [6, 6.07) is 15.4. The molecule has 2 nitrogen and oxygen atoms in total. The third kappa shape index (κ3) is 2.59. The molecule has 2 aromatic carbocycles. The molecule has 0 fully saturated rings. The fourth-order valence-electron chi connectivity index (χ4n) is 2.15. The molecule has 2 aromatic rings. The zero-order valence-corrected chi connectivity index (χ0v) is 9.93. The van der Waals surface area contributed by atoms with E-state index in [0.717, 1.165) is 12.1 Å². The lowest BCUT2D eigenvalue weighted by Crippen LogP contribution is -2.00. The summed E-state index contributed by atoms with van der Waals surface area (Å²) < 4.78 is 0. The summed E-state index contributed by atoms with van der Waals surface area (Å²) in [5, 5.41) is 9.31. The highest BCUT2D eigenvalue weighted by molar-refractivity contribution is 5.45. The van der Waals surface area contributed by atoms with E-state index in [2.05, 4.69) is 13.0 Å². The fourth-order valence-corrected chi connectivity index (χ4v) is 2.15. The van der Waals surface area contributed by atoms with Gasteiger partial charge in [0.25, 0.3) is 0 Å². The molecule has 0 spiro atoms. The maximum atomic E-state index is 9.31. The Kier molecular flexibility index (Phi) is 3.33. The first kappa shape index (κ1) is 11.5. The summed E-state index contributed by atoms with van der Waals surface area (Å²) in [4.78, 5) is 0. The number of nitrogen functional groups attached to an aromatic ring is 1. The van der Waals surface area contributed by atoms with E-state index in [1.54, 1.807) is 12.1 Å². The van der Waals surface area contributed by atoms with Crippen LogP contribution < -0.4 is 5.73 Å². The Bertz CT molecular complexity index is 491. The predicted molar refractivity (Wildman–Crippen MR) is 71.1 cm³/mol. The van der Waals surface area contributed by atoms with Crippen molar-refractivity contribution in [2.75, 3.05) is 5.73 Å². The second-order valence-corrected chi connectivity index (χ2v) is 4.22. The highest BCUT2D eigenvalue weighted by Gasteiger charge is 2.11. The molecule has 0 bridgehead atoms. The lowest BCUT2D eigenvalue weighted by Gasteiger charge is -2.16. The van der Waals surface area contributed by atoms with Gasteiger partial charge in [0.05, 0.1) is 0 Å². The van der Waals surface area contributed by atoms with Gasteiger partial charge in [-0.2, -0.15) is 0 Å². The molecule has 0 heterocycles. The first-order valence-corrected chi connectivity index (χ1v) is 5.85. The van der Waals surface area contributed by atoms with Crippen molar-refractivity contribution in [3.63, 3.8) is 0 Å². The van der Waals surface area contributed by atoms with Gasteiger partial charge in [0.1, 0.15) is 5.75 Å². The summed E-state index contributed by atoms with van der Waals surface area (Å²) in [7, 11) is 0. The van der Waals surface area contributed by atoms with E-state index in [0.29, 0.717) is 11.7 Å². The summed E-state index contributed by atoms with van der Waals surface area (Å²) in [5.74, 6) is 0.635. The van der Waals surface area contributed by atoms with Crippen LogP contribution in [0.5, 0.6) is 5.75 Å². The van der Waals surface area contributed by atoms with Crippen molar-refractivity contribution in [1.82, 2.24) is 0 Å². The molecule has 0 radical (unpaired) electrons. The summed E-state index contributed by atoms with van der Waals surface area (Å²) in [6.07, 6.45) is 1.01. The van der Waals surface area contributed by atoms with Gasteiger partial charge in [-0.3, -0.25) is 0 Å². The van der Waals surface area contributed by atoms with E-state index in [4.69, 9.17) is 5.73 Å². The number of rotatable bonds is 3. The lowest BCUT2D eigenvalue weighted by atomic mass is 9.89. The van der Waals surface area contributed by atoms with E-state index in [9.17, 15) is 5.11 Å². The third-order valence-electron chi connectivity index (χ3n) is 3.02. The van der Waals surface area contributed by atoms with Crippen molar-refractivity contribution in [1.29, 1.82) is 0 Å². The van der Waals surface area contributed by atoms with Crippen molar-refractivity contribution in [2.24, 2.45) is 0 Å². The Morgan fingerprint density at radius 1 is 1.06 bits per heavy atom. The van der Waals surface area contributed by atoms with Gasteiger partial charge in [-0.05, 0) is 41.8 Å². The van der Waals surface area contributed by atoms with Crippen LogP contribution in [-0.4, -0.2) is 5.11 Å². The number of phenolic OH excluding ortho intramolecular Hbond substituents is 1. The molecular weight excluding hydrogens is 210 g/mol. The number of anilines is 1. The molecule has 2 rings (SSSR count). The summed E-state index contributed by atoms with van der Waals surface area (Å²) >= 11 is 0. The first-order valence-electron chi connectivity index (χ1n) is 5.85. The van der Waals surface area contributed by atoms with Gasteiger partial charge < -0.3 is 10.8 Å². The zero-order valence-electron chi connectivity index (χ0n) is 9.93. The van der Waals surface area contributed by atoms with Gasteiger partial charge in [-0.1, -0.05) is 31.2 Å². The van der Waals surface area contributed by atoms with E-state index in [1.807, 2.05) is 30.3 Å². The number of benzene rings is 2. The van der Waals surface area contributed by atoms with Crippen LogP contribution >= 0.6 is 0 Å². The minimum absolute atomic E-state index is 0.302. The Morgan fingerprint density at radius 2 is 1.76 bits per heavy atom. The fraction of sp³-hybridized carbons (Fsp3) is 0.200. The number of aromatic hydroxyl groups is 1. The maximum Gasteiger partial charge on any atom is 0.115 e. The molecule has 0 aliphatic carbocycles. The lowest BCUT2D eigenvalue weighted by molar-refractivity contribution is 0.475. The predicted octanol–water partition coefficient (Wildman–Crippen LogP) is 3.52. The van der Waals surface area contributed by atoms with Crippen LogP contribution in [0.1, 0.15) is 30.4 Å². The van der Waals surface area contributed by atoms with Gasteiger partial charge in [-0.15, -0.1) is 0 Å².